The van der Waals surface area contributed by atoms with Crippen molar-refractivity contribution < 1.29 is 4.74 Å². The molecule has 14 heavy (non-hydrogen) atoms. The smallest absolute Gasteiger partial charge is 0.0788 e. The highest BCUT2D eigenvalue weighted by Gasteiger charge is 2.21. The van der Waals surface area contributed by atoms with Crippen molar-refractivity contribution in [1.82, 2.24) is 0 Å². The number of hydrogen-bond acceptors (Lipinski definition) is 1. The van der Waals surface area contributed by atoms with Gasteiger partial charge in [-0.25, -0.2) is 0 Å². The predicted octanol–water partition coefficient (Wildman–Crippen LogP) is 3.83. The molecule has 1 aliphatic carbocycles. The minimum atomic E-state index is 0.466. The summed E-state index contributed by atoms with van der Waals surface area (Å²) >= 11 is 0. The van der Waals surface area contributed by atoms with Gasteiger partial charge in [-0.15, -0.1) is 0 Å². The Labute approximate surface area is 87.5 Å². The molecular weight excluding hydrogens is 172 g/mol. The lowest BCUT2D eigenvalue weighted by Crippen LogP contribution is -2.20. The van der Waals surface area contributed by atoms with Gasteiger partial charge in [-0.1, -0.05) is 18.9 Å². The Morgan fingerprint density at radius 2 is 2.07 bits per heavy atom. The molecule has 0 aromatic rings. The summed E-state index contributed by atoms with van der Waals surface area (Å²) < 4.78 is 6.08. The fourth-order valence-electron chi connectivity index (χ4n) is 2.62. The summed E-state index contributed by atoms with van der Waals surface area (Å²) in [6, 6.07) is 0. The first-order chi connectivity index (χ1) is 6.86. The van der Waals surface area contributed by atoms with Crippen LogP contribution >= 0.6 is 0 Å². The molecule has 1 nitrogen and oxygen atoms in total. The van der Waals surface area contributed by atoms with E-state index < -0.39 is 0 Å². The molecule has 80 valence electrons. The van der Waals surface area contributed by atoms with Gasteiger partial charge in [0.05, 0.1) is 12.2 Å². The van der Waals surface area contributed by atoms with Gasteiger partial charge in [-0.2, -0.15) is 0 Å². The van der Waals surface area contributed by atoms with Crippen molar-refractivity contribution in [3.8, 4) is 0 Å². The van der Waals surface area contributed by atoms with Gasteiger partial charge in [0.15, 0.2) is 0 Å². The van der Waals surface area contributed by atoms with Gasteiger partial charge < -0.3 is 4.74 Å². The van der Waals surface area contributed by atoms with E-state index >= 15 is 0 Å². The van der Waals surface area contributed by atoms with Gasteiger partial charge in [0, 0.05) is 0 Å². The van der Waals surface area contributed by atoms with Crippen molar-refractivity contribution in [2.75, 3.05) is 0 Å². The molecule has 1 heterocycles. The van der Waals surface area contributed by atoms with Crippen LogP contribution in [0.2, 0.25) is 0 Å². The van der Waals surface area contributed by atoms with Crippen LogP contribution in [0.4, 0.5) is 0 Å². The van der Waals surface area contributed by atoms with Crippen molar-refractivity contribution in [3.05, 3.63) is 11.6 Å². The van der Waals surface area contributed by atoms with Crippen molar-refractivity contribution in [3.63, 3.8) is 0 Å². The number of rotatable bonds is 0. The standard InChI is InChI=1S/C13H22O/c1-11-7-6-9-12-8-4-2-3-5-10-13(12)14-11/h8,11,13H,2-7,9-10H2,1H3/b12-8-. The van der Waals surface area contributed by atoms with Crippen LogP contribution in [0, 0.1) is 0 Å². The second-order valence-electron chi connectivity index (χ2n) is 4.74. The van der Waals surface area contributed by atoms with Crippen LogP contribution in [0.3, 0.4) is 0 Å². The summed E-state index contributed by atoms with van der Waals surface area (Å²) in [6.45, 7) is 2.22. The first-order valence-corrected chi connectivity index (χ1v) is 6.20. The van der Waals surface area contributed by atoms with E-state index in [1.165, 1.54) is 51.4 Å². The van der Waals surface area contributed by atoms with Gasteiger partial charge in [0.1, 0.15) is 0 Å². The van der Waals surface area contributed by atoms with Gasteiger partial charge in [0.2, 0.25) is 0 Å². The summed E-state index contributed by atoms with van der Waals surface area (Å²) in [5.74, 6) is 0. The van der Waals surface area contributed by atoms with E-state index in [9.17, 15) is 0 Å². The Kier molecular flexibility index (Phi) is 3.63. The number of fused-ring (bicyclic) bond motifs is 1. The van der Waals surface area contributed by atoms with Crippen LogP contribution in [0.1, 0.15) is 58.3 Å². The van der Waals surface area contributed by atoms with Crippen LogP contribution in [-0.2, 0) is 4.74 Å². The van der Waals surface area contributed by atoms with E-state index in [2.05, 4.69) is 13.0 Å². The summed E-state index contributed by atoms with van der Waals surface area (Å²) in [7, 11) is 0. The van der Waals surface area contributed by atoms with E-state index in [0.29, 0.717) is 12.2 Å². The lowest BCUT2D eigenvalue weighted by molar-refractivity contribution is 0.0156. The van der Waals surface area contributed by atoms with Crippen molar-refractivity contribution in [1.29, 1.82) is 0 Å². The molecule has 2 rings (SSSR count). The SMILES string of the molecule is CC1CCC/C2=C/CCCCCC2O1. The van der Waals surface area contributed by atoms with E-state index in [0.717, 1.165) is 0 Å². The summed E-state index contributed by atoms with van der Waals surface area (Å²) in [6.07, 6.45) is 13.9. The normalized spacial score (nSPS) is 38.5. The Morgan fingerprint density at radius 1 is 1.14 bits per heavy atom. The number of hydrogen-bond donors (Lipinski definition) is 0. The van der Waals surface area contributed by atoms with E-state index in [-0.39, 0.29) is 0 Å². The predicted molar refractivity (Wildman–Crippen MR) is 59.4 cm³/mol. The summed E-state index contributed by atoms with van der Waals surface area (Å²) in [5, 5.41) is 0. The third-order valence-corrected chi connectivity index (χ3v) is 3.46. The highest BCUT2D eigenvalue weighted by atomic mass is 16.5. The van der Waals surface area contributed by atoms with Crippen molar-refractivity contribution >= 4 is 0 Å². The highest BCUT2D eigenvalue weighted by Crippen LogP contribution is 2.29. The summed E-state index contributed by atoms with van der Waals surface area (Å²) in [4.78, 5) is 0. The number of allylic oxidation sites excluding steroid dienone is 1. The molecule has 0 radical (unpaired) electrons. The molecule has 0 aromatic heterocycles. The first-order valence-electron chi connectivity index (χ1n) is 6.20. The highest BCUT2D eigenvalue weighted by molar-refractivity contribution is 5.10. The van der Waals surface area contributed by atoms with Gasteiger partial charge >= 0.3 is 0 Å². The van der Waals surface area contributed by atoms with Gasteiger partial charge in [-0.3, -0.25) is 0 Å². The molecule has 0 saturated carbocycles. The molecule has 0 bridgehead atoms. The molecule has 0 spiro atoms. The lowest BCUT2D eigenvalue weighted by Gasteiger charge is -2.22. The second kappa shape index (κ2) is 4.97. The monoisotopic (exact) mass is 194 g/mol. The topological polar surface area (TPSA) is 9.23 Å². The van der Waals surface area contributed by atoms with Crippen LogP contribution in [0.15, 0.2) is 11.6 Å². The van der Waals surface area contributed by atoms with Crippen LogP contribution < -0.4 is 0 Å². The van der Waals surface area contributed by atoms with Crippen LogP contribution in [0.5, 0.6) is 0 Å². The molecular formula is C13H22O. The molecule has 0 amide bonds. The third kappa shape index (κ3) is 2.60. The fraction of sp³-hybridized carbons (Fsp3) is 0.846. The third-order valence-electron chi connectivity index (χ3n) is 3.46. The van der Waals surface area contributed by atoms with E-state index in [1.807, 2.05) is 0 Å². The fourth-order valence-corrected chi connectivity index (χ4v) is 2.62. The zero-order chi connectivity index (χ0) is 9.80. The lowest BCUT2D eigenvalue weighted by atomic mass is 9.95. The maximum absolute atomic E-state index is 6.08. The van der Waals surface area contributed by atoms with E-state index in [1.54, 1.807) is 5.57 Å². The Balaban J connectivity index is 2.06. The Bertz CT molecular complexity index is 207. The van der Waals surface area contributed by atoms with Gasteiger partial charge in [0.25, 0.3) is 0 Å². The average molecular weight is 194 g/mol. The van der Waals surface area contributed by atoms with Gasteiger partial charge in [-0.05, 0) is 51.0 Å². The minimum Gasteiger partial charge on any atom is -0.371 e. The van der Waals surface area contributed by atoms with Crippen LogP contribution in [0.25, 0.3) is 0 Å². The van der Waals surface area contributed by atoms with Crippen molar-refractivity contribution in [2.24, 2.45) is 0 Å². The largest absolute Gasteiger partial charge is 0.371 e. The number of ether oxygens (including phenoxy) is 1. The molecule has 2 atom stereocenters. The zero-order valence-corrected chi connectivity index (χ0v) is 9.30. The second-order valence-corrected chi connectivity index (χ2v) is 4.74. The molecule has 1 saturated heterocycles. The zero-order valence-electron chi connectivity index (χ0n) is 9.30. The average Bonchev–Trinajstić information content (AvgIpc) is 2.29. The molecule has 1 heteroatoms. The molecule has 1 aliphatic heterocycles. The first kappa shape index (κ1) is 10.2. The quantitative estimate of drug-likeness (QED) is 0.532. The van der Waals surface area contributed by atoms with Crippen molar-refractivity contribution in [2.45, 2.75) is 70.5 Å². The molecule has 0 aromatic carbocycles. The van der Waals surface area contributed by atoms with Crippen LogP contribution in [-0.4, -0.2) is 12.2 Å². The molecule has 0 N–H and O–H groups in total. The minimum absolute atomic E-state index is 0.466. The molecule has 2 unspecified atom stereocenters. The Hall–Kier alpha value is -0.300. The molecule has 1 fully saturated rings. The van der Waals surface area contributed by atoms with E-state index in [4.69, 9.17) is 4.74 Å². The maximum atomic E-state index is 6.08. The molecule has 2 aliphatic rings. The summed E-state index contributed by atoms with van der Waals surface area (Å²) in [5.41, 5.74) is 1.61. The Morgan fingerprint density at radius 3 is 3.00 bits per heavy atom. The maximum Gasteiger partial charge on any atom is 0.0788 e.